The zero-order valence-electron chi connectivity index (χ0n) is 10.0. The lowest BCUT2D eigenvalue weighted by Gasteiger charge is -2.18. The first-order chi connectivity index (χ1) is 7.67. The van der Waals surface area contributed by atoms with Crippen LogP contribution in [0.3, 0.4) is 0 Å². The highest BCUT2D eigenvalue weighted by Gasteiger charge is 2.12. The maximum Gasteiger partial charge on any atom is 0.141 e. The van der Waals surface area contributed by atoms with Crippen LogP contribution in [0.4, 0.5) is 4.39 Å². The van der Waals surface area contributed by atoms with Gasteiger partial charge in [0.2, 0.25) is 0 Å². The van der Waals surface area contributed by atoms with E-state index in [1.165, 1.54) is 12.3 Å². The summed E-state index contributed by atoms with van der Waals surface area (Å²) in [5.74, 6) is -0.294. The number of aromatic nitrogens is 1. The largest absolute Gasteiger partial charge is 0.382 e. The minimum Gasteiger partial charge on any atom is -0.382 e. The van der Waals surface area contributed by atoms with Crippen molar-refractivity contribution in [2.75, 3.05) is 14.2 Å². The van der Waals surface area contributed by atoms with E-state index in [0.717, 1.165) is 18.4 Å². The van der Waals surface area contributed by atoms with Gasteiger partial charge in [0, 0.05) is 19.3 Å². The molecule has 0 saturated carbocycles. The van der Waals surface area contributed by atoms with Crippen molar-refractivity contribution >= 4 is 0 Å². The van der Waals surface area contributed by atoms with Crippen molar-refractivity contribution in [2.24, 2.45) is 0 Å². The molecule has 0 spiro atoms. The van der Waals surface area contributed by atoms with E-state index in [-0.39, 0.29) is 18.0 Å². The Balaban J connectivity index is 2.60. The van der Waals surface area contributed by atoms with Gasteiger partial charge in [-0.15, -0.1) is 0 Å². The predicted molar refractivity (Wildman–Crippen MR) is 61.7 cm³/mol. The molecule has 0 aromatic carbocycles. The lowest BCUT2D eigenvalue weighted by molar-refractivity contribution is 0.106. The Labute approximate surface area is 96.0 Å². The highest BCUT2D eigenvalue weighted by atomic mass is 19.1. The summed E-state index contributed by atoms with van der Waals surface area (Å²) in [5, 5.41) is 3.16. The van der Waals surface area contributed by atoms with E-state index < -0.39 is 0 Å². The second-order valence-electron chi connectivity index (χ2n) is 3.90. The number of hydrogen-bond acceptors (Lipinski definition) is 3. The molecule has 0 fully saturated rings. The Morgan fingerprint density at radius 3 is 2.75 bits per heavy atom. The van der Waals surface area contributed by atoms with Crippen LogP contribution in [0.2, 0.25) is 0 Å². The molecule has 2 atom stereocenters. The van der Waals surface area contributed by atoms with Crippen LogP contribution in [0.1, 0.15) is 31.4 Å². The fourth-order valence-electron chi connectivity index (χ4n) is 1.62. The zero-order chi connectivity index (χ0) is 12.0. The molecule has 90 valence electrons. The quantitative estimate of drug-likeness (QED) is 0.808. The molecular formula is C12H19FN2O. The third-order valence-corrected chi connectivity index (χ3v) is 2.74. The predicted octanol–water partition coefficient (Wildman–Crippen LogP) is 2.30. The first-order valence-corrected chi connectivity index (χ1v) is 5.48. The molecular weight excluding hydrogens is 207 g/mol. The Bertz CT molecular complexity index is 320. The second-order valence-corrected chi connectivity index (χ2v) is 3.90. The summed E-state index contributed by atoms with van der Waals surface area (Å²) in [6.07, 6.45) is 4.96. The summed E-state index contributed by atoms with van der Waals surface area (Å²) >= 11 is 0. The van der Waals surface area contributed by atoms with Gasteiger partial charge in [-0.05, 0) is 38.4 Å². The molecule has 0 amide bonds. The van der Waals surface area contributed by atoms with Gasteiger partial charge in [-0.25, -0.2) is 4.39 Å². The van der Waals surface area contributed by atoms with Gasteiger partial charge in [0.1, 0.15) is 5.82 Å². The molecule has 1 aromatic rings. The lowest BCUT2D eigenvalue weighted by Crippen LogP contribution is -2.19. The average molecular weight is 226 g/mol. The SMILES string of the molecule is CNC(CCC(C)OC)c1cncc(F)c1. The third-order valence-electron chi connectivity index (χ3n) is 2.74. The fraction of sp³-hybridized carbons (Fsp3) is 0.583. The van der Waals surface area contributed by atoms with Crippen LogP contribution in [0.5, 0.6) is 0 Å². The van der Waals surface area contributed by atoms with Gasteiger partial charge >= 0.3 is 0 Å². The maximum absolute atomic E-state index is 13.0. The third kappa shape index (κ3) is 3.87. The number of halogens is 1. The fourth-order valence-corrected chi connectivity index (χ4v) is 1.62. The molecule has 0 saturated heterocycles. The van der Waals surface area contributed by atoms with Crippen LogP contribution >= 0.6 is 0 Å². The Morgan fingerprint density at radius 2 is 2.19 bits per heavy atom. The molecule has 1 N–H and O–H groups in total. The van der Waals surface area contributed by atoms with Crippen LogP contribution in [-0.2, 0) is 4.74 Å². The molecule has 0 aliphatic heterocycles. The Hall–Kier alpha value is -1.00. The van der Waals surface area contributed by atoms with Crippen molar-refractivity contribution < 1.29 is 9.13 Å². The minimum atomic E-state index is -0.294. The van der Waals surface area contributed by atoms with E-state index in [4.69, 9.17) is 4.74 Å². The van der Waals surface area contributed by atoms with Crippen molar-refractivity contribution in [2.45, 2.75) is 31.9 Å². The number of ether oxygens (including phenoxy) is 1. The zero-order valence-corrected chi connectivity index (χ0v) is 10.0. The molecule has 4 heteroatoms. The Kier molecular flexibility index (Phi) is 5.35. The molecule has 3 nitrogen and oxygen atoms in total. The molecule has 16 heavy (non-hydrogen) atoms. The first kappa shape index (κ1) is 13.1. The lowest BCUT2D eigenvalue weighted by atomic mass is 10.0. The molecule has 0 aliphatic carbocycles. The van der Waals surface area contributed by atoms with E-state index in [1.807, 2.05) is 14.0 Å². The molecule has 1 rings (SSSR count). The van der Waals surface area contributed by atoms with Crippen molar-refractivity contribution in [1.82, 2.24) is 10.3 Å². The highest BCUT2D eigenvalue weighted by molar-refractivity contribution is 5.14. The van der Waals surface area contributed by atoms with Crippen molar-refractivity contribution in [3.8, 4) is 0 Å². The van der Waals surface area contributed by atoms with Crippen molar-refractivity contribution in [3.05, 3.63) is 29.8 Å². The summed E-state index contributed by atoms with van der Waals surface area (Å²) in [5.41, 5.74) is 0.880. The van der Waals surface area contributed by atoms with Crippen LogP contribution < -0.4 is 5.32 Å². The van der Waals surface area contributed by atoms with Crippen LogP contribution in [0.25, 0.3) is 0 Å². The molecule has 1 heterocycles. The number of methoxy groups -OCH3 is 1. The van der Waals surface area contributed by atoms with Crippen LogP contribution in [0, 0.1) is 5.82 Å². The Morgan fingerprint density at radius 1 is 1.44 bits per heavy atom. The molecule has 2 unspecified atom stereocenters. The van der Waals surface area contributed by atoms with Gasteiger partial charge in [-0.2, -0.15) is 0 Å². The van der Waals surface area contributed by atoms with E-state index in [9.17, 15) is 4.39 Å². The number of rotatable bonds is 6. The number of hydrogen-bond donors (Lipinski definition) is 1. The number of nitrogens with zero attached hydrogens (tertiary/aromatic N) is 1. The summed E-state index contributed by atoms with van der Waals surface area (Å²) < 4.78 is 18.2. The van der Waals surface area contributed by atoms with E-state index in [1.54, 1.807) is 13.3 Å². The molecule has 0 radical (unpaired) electrons. The van der Waals surface area contributed by atoms with Gasteiger partial charge < -0.3 is 10.1 Å². The summed E-state index contributed by atoms with van der Waals surface area (Å²) in [6.45, 7) is 2.02. The van der Waals surface area contributed by atoms with Gasteiger partial charge in [-0.1, -0.05) is 0 Å². The van der Waals surface area contributed by atoms with Crippen LogP contribution in [-0.4, -0.2) is 25.2 Å². The van der Waals surface area contributed by atoms with Gasteiger partial charge in [0.15, 0.2) is 0 Å². The number of pyridine rings is 1. The average Bonchev–Trinajstić information content (AvgIpc) is 2.29. The summed E-state index contributed by atoms with van der Waals surface area (Å²) in [6, 6.07) is 1.65. The van der Waals surface area contributed by atoms with E-state index in [0.29, 0.717) is 0 Å². The second kappa shape index (κ2) is 6.55. The van der Waals surface area contributed by atoms with E-state index in [2.05, 4.69) is 10.3 Å². The monoisotopic (exact) mass is 226 g/mol. The summed E-state index contributed by atoms with van der Waals surface area (Å²) in [4.78, 5) is 3.85. The standard InChI is InChI=1S/C12H19FN2O/c1-9(16-3)4-5-12(14-2)10-6-11(13)8-15-7-10/h6-9,12,14H,4-5H2,1-3H3. The highest BCUT2D eigenvalue weighted by Crippen LogP contribution is 2.19. The molecule has 0 aliphatic rings. The topological polar surface area (TPSA) is 34.1 Å². The molecule has 0 bridgehead atoms. The van der Waals surface area contributed by atoms with Gasteiger partial charge in [-0.3, -0.25) is 4.98 Å². The van der Waals surface area contributed by atoms with E-state index >= 15 is 0 Å². The van der Waals surface area contributed by atoms with Crippen LogP contribution in [0.15, 0.2) is 18.5 Å². The van der Waals surface area contributed by atoms with Gasteiger partial charge in [0.25, 0.3) is 0 Å². The van der Waals surface area contributed by atoms with Gasteiger partial charge in [0.05, 0.1) is 12.3 Å². The molecule has 1 aromatic heterocycles. The smallest absolute Gasteiger partial charge is 0.141 e. The van der Waals surface area contributed by atoms with Crippen molar-refractivity contribution in [3.63, 3.8) is 0 Å². The van der Waals surface area contributed by atoms with Crippen molar-refractivity contribution in [1.29, 1.82) is 0 Å². The first-order valence-electron chi connectivity index (χ1n) is 5.48. The number of nitrogens with one attached hydrogen (secondary N) is 1. The summed E-state index contributed by atoms with van der Waals surface area (Å²) in [7, 11) is 3.57. The minimum absolute atomic E-state index is 0.126. The normalized spacial score (nSPS) is 14.8. The maximum atomic E-state index is 13.0.